The number of aromatic nitrogens is 2. The Labute approximate surface area is 160 Å². The molecule has 2 aromatic heterocycles. The molecule has 3 aromatic rings. The quantitative estimate of drug-likeness (QED) is 0.651. The molecule has 27 heavy (non-hydrogen) atoms. The Morgan fingerprint density at radius 1 is 1.22 bits per heavy atom. The molecule has 0 saturated heterocycles. The lowest BCUT2D eigenvalue weighted by atomic mass is 10.1. The minimum absolute atomic E-state index is 0.364. The molecular weight excluding hydrogens is 366 g/mol. The summed E-state index contributed by atoms with van der Waals surface area (Å²) in [6, 6.07) is 11.1. The first-order chi connectivity index (χ1) is 12.8. The lowest BCUT2D eigenvalue weighted by molar-refractivity contribution is -0.160. The highest BCUT2D eigenvalue weighted by atomic mass is 32.1. The highest BCUT2D eigenvalue weighted by Gasteiger charge is 2.31. The number of thiophene rings is 1. The number of hydrogen-bond acceptors (Lipinski definition) is 7. The second kappa shape index (κ2) is 7.71. The van der Waals surface area contributed by atoms with E-state index in [9.17, 15) is 9.59 Å². The highest BCUT2D eigenvalue weighted by molar-refractivity contribution is 7.13. The smallest absolute Gasteiger partial charge is 0.303 e. The van der Waals surface area contributed by atoms with Crippen molar-refractivity contribution in [3.05, 3.63) is 53.2 Å². The standard InChI is InChI=1S/C19H19N3O4S/c1-12(23)25-19(2,3)18(24)20-14-8-5-4-7-13(14)11-16-21-17(22-26-16)15-9-6-10-27-15/h4-10H,11H2,1-3H3,(H,20,24). The first-order valence-corrected chi connectivity index (χ1v) is 9.18. The average Bonchev–Trinajstić information content (AvgIpc) is 3.26. The number of hydrogen-bond donors (Lipinski definition) is 1. The van der Waals surface area contributed by atoms with Gasteiger partial charge >= 0.3 is 5.97 Å². The van der Waals surface area contributed by atoms with Crippen LogP contribution >= 0.6 is 11.3 Å². The van der Waals surface area contributed by atoms with Gasteiger partial charge in [0.25, 0.3) is 5.91 Å². The zero-order valence-corrected chi connectivity index (χ0v) is 16.0. The first kappa shape index (κ1) is 18.8. The number of amides is 1. The predicted octanol–water partition coefficient (Wildman–Crippen LogP) is 3.67. The average molecular weight is 385 g/mol. The van der Waals surface area contributed by atoms with Gasteiger partial charge in [-0.1, -0.05) is 29.4 Å². The number of nitrogens with zero attached hydrogens (tertiary/aromatic N) is 2. The van der Waals surface area contributed by atoms with Crippen LogP contribution in [0.3, 0.4) is 0 Å². The van der Waals surface area contributed by atoms with Gasteiger partial charge in [-0.25, -0.2) is 0 Å². The molecule has 0 fully saturated rings. The molecule has 0 spiro atoms. The van der Waals surface area contributed by atoms with Crippen molar-refractivity contribution in [2.24, 2.45) is 0 Å². The maximum atomic E-state index is 12.5. The Hall–Kier alpha value is -3.00. The summed E-state index contributed by atoms with van der Waals surface area (Å²) in [7, 11) is 0. The van der Waals surface area contributed by atoms with Gasteiger partial charge in [-0.2, -0.15) is 4.98 Å². The predicted molar refractivity (Wildman–Crippen MR) is 101 cm³/mol. The van der Waals surface area contributed by atoms with Crippen molar-refractivity contribution in [1.82, 2.24) is 10.1 Å². The maximum absolute atomic E-state index is 12.5. The number of benzene rings is 1. The molecule has 7 nitrogen and oxygen atoms in total. The summed E-state index contributed by atoms with van der Waals surface area (Å²) in [6.07, 6.45) is 0.364. The van der Waals surface area contributed by atoms with E-state index in [-0.39, 0.29) is 0 Å². The van der Waals surface area contributed by atoms with E-state index >= 15 is 0 Å². The maximum Gasteiger partial charge on any atom is 0.303 e. The molecule has 0 aliphatic heterocycles. The van der Waals surface area contributed by atoms with Crippen molar-refractivity contribution >= 4 is 28.9 Å². The minimum atomic E-state index is -1.28. The Morgan fingerprint density at radius 3 is 2.70 bits per heavy atom. The van der Waals surface area contributed by atoms with E-state index in [0.717, 1.165) is 10.4 Å². The van der Waals surface area contributed by atoms with Crippen LogP contribution in [-0.4, -0.2) is 27.6 Å². The molecule has 2 heterocycles. The van der Waals surface area contributed by atoms with Crippen molar-refractivity contribution in [2.45, 2.75) is 32.8 Å². The molecule has 0 saturated carbocycles. The number of ether oxygens (including phenoxy) is 1. The van der Waals surface area contributed by atoms with E-state index < -0.39 is 17.5 Å². The highest BCUT2D eigenvalue weighted by Crippen LogP contribution is 2.24. The fourth-order valence-corrected chi connectivity index (χ4v) is 3.12. The molecule has 0 aliphatic rings. The van der Waals surface area contributed by atoms with Gasteiger partial charge in [-0.05, 0) is 36.9 Å². The Morgan fingerprint density at radius 2 is 2.00 bits per heavy atom. The summed E-state index contributed by atoms with van der Waals surface area (Å²) in [4.78, 5) is 29.0. The molecule has 0 radical (unpaired) electrons. The number of carbonyl (C=O) groups excluding carboxylic acids is 2. The molecule has 0 atom stereocenters. The molecule has 1 N–H and O–H groups in total. The van der Waals surface area contributed by atoms with Gasteiger partial charge in [0.1, 0.15) is 0 Å². The van der Waals surface area contributed by atoms with Gasteiger partial charge in [0.05, 0.1) is 11.3 Å². The van der Waals surface area contributed by atoms with E-state index in [0.29, 0.717) is 23.8 Å². The van der Waals surface area contributed by atoms with Crippen LogP contribution in [0.15, 0.2) is 46.3 Å². The third-order valence-corrected chi connectivity index (χ3v) is 4.63. The van der Waals surface area contributed by atoms with Gasteiger partial charge in [-0.3, -0.25) is 9.59 Å². The van der Waals surface area contributed by atoms with Crippen LogP contribution in [0.1, 0.15) is 32.2 Å². The molecule has 140 valence electrons. The third kappa shape index (κ3) is 4.59. The number of anilines is 1. The largest absolute Gasteiger partial charge is 0.450 e. The van der Waals surface area contributed by atoms with Crippen LogP contribution in [0.5, 0.6) is 0 Å². The number of para-hydroxylation sites is 1. The zero-order valence-electron chi connectivity index (χ0n) is 15.2. The molecular formula is C19H19N3O4S. The molecule has 0 unspecified atom stereocenters. The van der Waals surface area contributed by atoms with Gasteiger partial charge < -0.3 is 14.6 Å². The lowest BCUT2D eigenvalue weighted by Crippen LogP contribution is -2.41. The van der Waals surface area contributed by atoms with Gasteiger partial charge in [0.15, 0.2) is 5.60 Å². The van der Waals surface area contributed by atoms with Crippen molar-refractivity contribution < 1.29 is 18.8 Å². The zero-order chi connectivity index (χ0) is 19.4. The van der Waals surface area contributed by atoms with Crippen LogP contribution < -0.4 is 5.32 Å². The molecule has 1 aromatic carbocycles. The summed E-state index contributed by atoms with van der Waals surface area (Å²) >= 11 is 1.53. The van der Waals surface area contributed by atoms with E-state index in [4.69, 9.17) is 9.26 Å². The SMILES string of the molecule is CC(=O)OC(C)(C)C(=O)Nc1ccccc1Cc1nc(-c2cccs2)no1. The van der Waals surface area contributed by atoms with Crippen molar-refractivity contribution in [2.75, 3.05) is 5.32 Å². The van der Waals surface area contributed by atoms with Crippen LogP contribution in [0.2, 0.25) is 0 Å². The topological polar surface area (TPSA) is 94.3 Å². The van der Waals surface area contributed by atoms with Crippen LogP contribution in [-0.2, 0) is 20.7 Å². The number of esters is 1. The molecule has 3 rings (SSSR count). The first-order valence-electron chi connectivity index (χ1n) is 8.30. The fraction of sp³-hybridized carbons (Fsp3) is 0.263. The van der Waals surface area contributed by atoms with Crippen molar-refractivity contribution in [3.8, 4) is 10.7 Å². The van der Waals surface area contributed by atoms with E-state index in [1.807, 2.05) is 35.7 Å². The van der Waals surface area contributed by atoms with E-state index in [1.54, 1.807) is 6.07 Å². The normalized spacial score (nSPS) is 11.2. The lowest BCUT2D eigenvalue weighted by Gasteiger charge is -2.23. The Balaban J connectivity index is 1.76. The third-order valence-electron chi connectivity index (χ3n) is 3.76. The van der Waals surface area contributed by atoms with E-state index in [2.05, 4.69) is 15.5 Å². The molecule has 0 aliphatic carbocycles. The van der Waals surface area contributed by atoms with Gasteiger partial charge in [-0.15, -0.1) is 11.3 Å². The van der Waals surface area contributed by atoms with Crippen LogP contribution in [0.4, 0.5) is 5.69 Å². The minimum Gasteiger partial charge on any atom is -0.450 e. The van der Waals surface area contributed by atoms with Crippen molar-refractivity contribution in [3.63, 3.8) is 0 Å². The summed E-state index contributed by atoms with van der Waals surface area (Å²) in [5.41, 5.74) is 0.125. The summed E-state index contributed by atoms with van der Waals surface area (Å²) in [5, 5.41) is 8.75. The Bertz CT molecular complexity index is 948. The van der Waals surface area contributed by atoms with Crippen LogP contribution in [0.25, 0.3) is 10.7 Å². The summed E-state index contributed by atoms with van der Waals surface area (Å²) in [5.74, 6) is 0.0437. The van der Waals surface area contributed by atoms with E-state index in [1.165, 1.54) is 32.1 Å². The monoisotopic (exact) mass is 385 g/mol. The molecule has 1 amide bonds. The number of nitrogens with one attached hydrogen (secondary N) is 1. The molecule has 8 heteroatoms. The summed E-state index contributed by atoms with van der Waals surface area (Å²) < 4.78 is 10.4. The summed E-state index contributed by atoms with van der Waals surface area (Å²) in [6.45, 7) is 4.35. The number of rotatable bonds is 6. The second-order valence-corrected chi connectivity index (χ2v) is 7.33. The van der Waals surface area contributed by atoms with Crippen molar-refractivity contribution in [1.29, 1.82) is 0 Å². The second-order valence-electron chi connectivity index (χ2n) is 6.38. The molecule has 0 bridgehead atoms. The number of carbonyl (C=O) groups is 2. The van der Waals surface area contributed by atoms with Crippen LogP contribution in [0, 0.1) is 0 Å². The Kier molecular flexibility index (Phi) is 5.36. The van der Waals surface area contributed by atoms with Gasteiger partial charge in [0.2, 0.25) is 11.7 Å². The fourth-order valence-electron chi connectivity index (χ4n) is 2.47. The van der Waals surface area contributed by atoms with Gasteiger partial charge in [0, 0.05) is 12.6 Å².